The van der Waals surface area contributed by atoms with Gasteiger partial charge in [-0.05, 0) is 72.9 Å². The normalized spacial score (nSPS) is 14.5. The summed E-state index contributed by atoms with van der Waals surface area (Å²) in [4.78, 5) is 4.58. The summed E-state index contributed by atoms with van der Waals surface area (Å²) >= 11 is 1.72. The molecule has 0 amide bonds. The molecule has 0 aliphatic carbocycles. The number of aromatic nitrogens is 4. The average molecular weight is 537 g/mol. The molecule has 1 fully saturated rings. The Morgan fingerprint density at radius 1 is 1.08 bits per heavy atom. The Kier molecular flexibility index (Phi) is 7.59. The number of aryl methyl sites for hydroxylation is 1. The molecule has 0 saturated carbocycles. The predicted molar refractivity (Wildman–Crippen MR) is 143 cm³/mol. The minimum Gasteiger partial charge on any atom is -0.486 e. The number of benzene rings is 2. The van der Waals surface area contributed by atoms with Crippen LogP contribution in [0.1, 0.15) is 24.2 Å². The van der Waals surface area contributed by atoms with Gasteiger partial charge >= 0.3 is 0 Å². The third kappa shape index (κ3) is 6.03. The Hall–Kier alpha value is -3.21. The number of hydrogen-bond acceptors (Lipinski definition) is 8. The topological polar surface area (TPSA) is 96.2 Å². The molecule has 0 unspecified atom stereocenters. The second-order valence-electron chi connectivity index (χ2n) is 8.94. The van der Waals surface area contributed by atoms with Gasteiger partial charge in [0.1, 0.15) is 12.4 Å². The fourth-order valence-corrected chi connectivity index (χ4v) is 6.00. The first kappa shape index (κ1) is 25.4. The van der Waals surface area contributed by atoms with Crippen LogP contribution in [0.4, 0.5) is 0 Å². The Balaban J connectivity index is 1.34. The molecule has 0 N–H and O–H groups in total. The van der Waals surface area contributed by atoms with Crippen molar-refractivity contribution in [2.24, 2.45) is 0 Å². The highest BCUT2D eigenvalue weighted by atomic mass is 32.2. The summed E-state index contributed by atoms with van der Waals surface area (Å²) in [5.41, 5.74) is 3.88. The summed E-state index contributed by atoms with van der Waals surface area (Å²) in [7, 11) is -3.23. The third-order valence-electron chi connectivity index (χ3n) is 6.20. The SMILES string of the molecule is Cc1cc(OCc2nnc(SC3CCOCC3)n2-c2cccnc2)ccc1-c1ccc(S(C)(=O)=O)cc1. The Morgan fingerprint density at radius 3 is 2.54 bits per heavy atom. The van der Waals surface area contributed by atoms with Crippen LogP contribution in [0.25, 0.3) is 16.8 Å². The number of rotatable bonds is 8. The van der Waals surface area contributed by atoms with E-state index in [1.807, 2.05) is 54.0 Å². The van der Waals surface area contributed by atoms with Gasteiger partial charge in [-0.2, -0.15) is 0 Å². The summed E-state index contributed by atoms with van der Waals surface area (Å²) in [5, 5.41) is 10.2. The van der Waals surface area contributed by atoms with Crippen LogP contribution in [-0.2, 0) is 21.2 Å². The molecule has 2 aromatic heterocycles. The van der Waals surface area contributed by atoms with Gasteiger partial charge in [-0.3, -0.25) is 9.55 Å². The van der Waals surface area contributed by atoms with Gasteiger partial charge in [0.25, 0.3) is 0 Å². The highest BCUT2D eigenvalue weighted by Gasteiger charge is 2.22. The van der Waals surface area contributed by atoms with E-state index in [9.17, 15) is 8.42 Å². The summed E-state index contributed by atoms with van der Waals surface area (Å²) in [6.45, 7) is 3.79. The molecular formula is C27H28N4O4S2. The van der Waals surface area contributed by atoms with Crippen molar-refractivity contribution in [3.8, 4) is 22.6 Å². The van der Waals surface area contributed by atoms with Crippen molar-refractivity contribution in [2.45, 2.75) is 41.7 Å². The third-order valence-corrected chi connectivity index (χ3v) is 8.61. The van der Waals surface area contributed by atoms with Crippen LogP contribution < -0.4 is 4.74 Å². The van der Waals surface area contributed by atoms with Crippen LogP contribution in [0.3, 0.4) is 0 Å². The lowest BCUT2D eigenvalue weighted by Gasteiger charge is -2.21. The highest BCUT2D eigenvalue weighted by Crippen LogP contribution is 2.32. The number of hydrogen-bond donors (Lipinski definition) is 0. The van der Waals surface area contributed by atoms with E-state index >= 15 is 0 Å². The quantitative estimate of drug-likeness (QED) is 0.314. The zero-order chi connectivity index (χ0) is 25.8. The van der Waals surface area contributed by atoms with Gasteiger partial charge in [0.05, 0.1) is 16.8 Å². The molecule has 1 aliphatic rings. The van der Waals surface area contributed by atoms with Gasteiger partial charge in [0.2, 0.25) is 0 Å². The average Bonchev–Trinajstić information content (AvgIpc) is 3.30. The zero-order valence-electron chi connectivity index (χ0n) is 20.7. The minimum absolute atomic E-state index is 0.248. The molecule has 0 spiro atoms. The first-order valence-electron chi connectivity index (χ1n) is 12.0. The summed E-state index contributed by atoms with van der Waals surface area (Å²) in [5.74, 6) is 1.41. The molecule has 10 heteroatoms. The van der Waals surface area contributed by atoms with Gasteiger partial charge in [-0.25, -0.2) is 8.42 Å². The second-order valence-corrected chi connectivity index (χ2v) is 12.2. The maximum atomic E-state index is 11.8. The van der Waals surface area contributed by atoms with E-state index in [1.54, 1.807) is 36.3 Å². The molecule has 5 rings (SSSR count). The molecule has 37 heavy (non-hydrogen) atoms. The minimum atomic E-state index is -3.23. The molecule has 8 nitrogen and oxygen atoms in total. The second kappa shape index (κ2) is 11.0. The number of pyridine rings is 1. The van der Waals surface area contributed by atoms with Gasteiger partial charge in [0.15, 0.2) is 20.8 Å². The lowest BCUT2D eigenvalue weighted by atomic mass is 10.0. The highest BCUT2D eigenvalue weighted by molar-refractivity contribution is 7.99. The molecule has 0 atom stereocenters. The summed E-state index contributed by atoms with van der Waals surface area (Å²) in [6, 6.07) is 16.7. The Bertz CT molecular complexity index is 1470. The van der Waals surface area contributed by atoms with Gasteiger partial charge in [0, 0.05) is 30.9 Å². The Labute approximate surface area is 221 Å². The number of ether oxygens (including phenoxy) is 2. The number of nitrogens with zero attached hydrogens (tertiary/aromatic N) is 4. The molecule has 3 heterocycles. The van der Waals surface area contributed by atoms with Crippen molar-refractivity contribution in [3.63, 3.8) is 0 Å². The smallest absolute Gasteiger partial charge is 0.196 e. The van der Waals surface area contributed by atoms with Crippen molar-refractivity contribution in [1.29, 1.82) is 0 Å². The summed E-state index contributed by atoms with van der Waals surface area (Å²) < 4.78 is 37.2. The first-order valence-corrected chi connectivity index (χ1v) is 14.8. The molecule has 4 aromatic rings. The number of thioether (sulfide) groups is 1. The van der Waals surface area contributed by atoms with E-state index in [0.717, 1.165) is 53.6 Å². The standard InChI is InChI=1S/C27H28N4O4S2/c1-19-16-22(7-10-25(19)20-5-8-24(9-6-20)37(2,32)33)35-18-26-29-30-27(36-23-11-14-34-15-12-23)31(26)21-4-3-13-28-17-21/h3-10,13,16-17,23H,11-12,14-15,18H2,1-2H3. The van der Waals surface area contributed by atoms with Crippen molar-refractivity contribution < 1.29 is 17.9 Å². The van der Waals surface area contributed by atoms with E-state index in [-0.39, 0.29) is 6.61 Å². The molecular weight excluding hydrogens is 508 g/mol. The maximum Gasteiger partial charge on any atom is 0.196 e. The zero-order valence-corrected chi connectivity index (χ0v) is 22.3. The largest absolute Gasteiger partial charge is 0.486 e. The molecule has 0 radical (unpaired) electrons. The van der Waals surface area contributed by atoms with Crippen LogP contribution in [0, 0.1) is 6.92 Å². The fourth-order valence-electron chi connectivity index (χ4n) is 4.24. The van der Waals surface area contributed by atoms with Crippen molar-refractivity contribution in [3.05, 3.63) is 78.4 Å². The lowest BCUT2D eigenvalue weighted by molar-refractivity contribution is 0.0999. The van der Waals surface area contributed by atoms with Crippen LogP contribution >= 0.6 is 11.8 Å². The van der Waals surface area contributed by atoms with E-state index in [2.05, 4.69) is 15.2 Å². The molecule has 1 saturated heterocycles. The van der Waals surface area contributed by atoms with Crippen molar-refractivity contribution in [1.82, 2.24) is 19.7 Å². The molecule has 2 aromatic carbocycles. The van der Waals surface area contributed by atoms with E-state index in [1.165, 1.54) is 6.26 Å². The molecule has 0 bridgehead atoms. The maximum absolute atomic E-state index is 11.8. The van der Waals surface area contributed by atoms with Crippen LogP contribution in [0.2, 0.25) is 0 Å². The predicted octanol–water partition coefficient (Wildman–Crippen LogP) is 4.89. The number of sulfone groups is 1. The van der Waals surface area contributed by atoms with Crippen LogP contribution in [0.15, 0.2) is 77.0 Å². The monoisotopic (exact) mass is 536 g/mol. The van der Waals surface area contributed by atoms with Crippen LogP contribution in [-0.4, -0.2) is 52.9 Å². The van der Waals surface area contributed by atoms with Gasteiger partial charge < -0.3 is 9.47 Å². The molecule has 1 aliphatic heterocycles. The van der Waals surface area contributed by atoms with Gasteiger partial charge in [-0.1, -0.05) is 30.0 Å². The van der Waals surface area contributed by atoms with Crippen molar-refractivity contribution in [2.75, 3.05) is 19.5 Å². The fraction of sp³-hybridized carbons (Fsp3) is 0.296. The summed E-state index contributed by atoms with van der Waals surface area (Å²) in [6.07, 6.45) is 6.72. The van der Waals surface area contributed by atoms with E-state index in [0.29, 0.717) is 21.7 Å². The molecule has 192 valence electrons. The van der Waals surface area contributed by atoms with Crippen molar-refractivity contribution >= 4 is 21.6 Å². The van der Waals surface area contributed by atoms with Gasteiger partial charge in [-0.15, -0.1) is 10.2 Å². The first-order chi connectivity index (χ1) is 17.9. The Morgan fingerprint density at radius 2 is 1.86 bits per heavy atom. The lowest BCUT2D eigenvalue weighted by Crippen LogP contribution is -2.18. The van der Waals surface area contributed by atoms with E-state index in [4.69, 9.17) is 9.47 Å². The van der Waals surface area contributed by atoms with E-state index < -0.39 is 9.84 Å². The van der Waals surface area contributed by atoms with Crippen LogP contribution in [0.5, 0.6) is 5.75 Å².